The third-order valence-corrected chi connectivity index (χ3v) is 5.86. The predicted octanol–water partition coefficient (Wildman–Crippen LogP) is 0.924. The second-order valence-corrected chi connectivity index (χ2v) is 6.67. The van der Waals surface area contributed by atoms with Crippen molar-refractivity contribution in [3.63, 3.8) is 0 Å². The quantitative estimate of drug-likeness (QED) is 0.883. The fraction of sp³-hybridized carbons (Fsp3) is 0.417. The van der Waals surface area contributed by atoms with Crippen LogP contribution in [0.4, 0.5) is 0 Å². The lowest BCUT2D eigenvalue weighted by Crippen LogP contribution is -2.45. The molecular formula is C12H13NO4S. The number of nitrogens with zero attached hydrogens (tertiary/aromatic N) is 1. The summed E-state index contributed by atoms with van der Waals surface area (Å²) in [5, 5.41) is 9.29. The van der Waals surface area contributed by atoms with Crippen LogP contribution >= 0.6 is 0 Å². The predicted molar refractivity (Wildman–Crippen MR) is 63.4 cm³/mol. The van der Waals surface area contributed by atoms with E-state index in [4.69, 9.17) is 0 Å². The van der Waals surface area contributed by atoms with Crippen LogP contribution in [0.1, 0.15) is 12.8 Å². The van der Waals surface area contributed by atoms with Crippen molar-refractivity contribution in [1.82, 2.24) is 4.31 Å². The SMILES string of the molecule is O=C(O)[C@@]12C[C@@H]1CCN2S(=O)(=O)c1ccccc1. The Balaban J connectivity index is 2.04. The van der Waals surface area contributed by atoms with E-state index in [1.807, 2.05) is 0 Å². The standard InChI is InChI=1S/C12H13NO4S/c14-11(15)12-8-9(12)6-7-13(12)18(16,17)10-4-2-1-3-5-10/h1-5,9H,6-8H2,(H,14,15)/t9-,12+/m0/s1. The van der Waals surface area contributed by atoms with E-state index in [9.17, 15) is 18.3 Å². The molecule has 1 N–H and O–H groups in total. The third-order valence-electron chi connectivity index (χ3n) is 3.90. The molecule has 0 unspecified atom stereocenters. The van der Waals surface area contributed by atoms with E-state index in [0.29, 0.717) is 19.4 Å². The molecule has 1 heterocycles. The Bertz CT molecular complexity index is 598. The van der Waals surface area contributed by atoms with Crippen molar-refractivity contribution in [3.05, 3.63) is 30.3 Å². The maximum atomic E-state index is 12.4. The van der Waals surface area contributed by atoms with Crippen LogP contribution in [-0.2, 0) is 14.8 Å². The molecule has 18 heavy (non-hydrogen) atoms. The van der Waals surface area contributed by atoms with Gasteiger partial charge in [-0.15, -0.1) is 0 Å². The van der Waals surface area contributed by atoms with Gasteiger partial charge in [-0.3, -0.25) is 4.79 Å². The molecule has 0 radical (unpaired) electrons. The summed E-state index contributed by atoms with van der Waals surface area (Å²) in [5.41, 5.74) is -1.17. The molecule has 1 aromatic rings. The van der Waals surface area contributed by atoms with Crippen molar-refractivity contribution in [2.24, 2.45) is 5.92 Å². The van der Waals surface area contributed by atoms with Gasteiger partial charge in [-0.1, -0.05) is 18.2 Å². The third kappa shape index (κ3) is 1.36. The summed E-state index contributed by atoms with van der Waals surface area (Å²) in [5.74, 6) is -1.04. The van der Waals surface area contributed by atoms with E-state index < -0.39 is 21.5 Å². The maximum absolute atomic E-state index is 12.4. The van der Waals surface area contributed by atoms with Gasteiger partial charge in [0.15, 0.2) is 0 Å². The van der Waals surface area contributed by atoms with Crippen molar-refractivity contribution in [2.75, 3.05) is 6.54 Å². The lowest BCUT2D eigenvalue weighted by Gasteiger charge is -2.24. The zero-order chi connectivity index (χ0) is 13.0. The first-order valence-electron chi connectivity index (χ1n) is 5.81. The Morgan fingerprint density at radius 2 is 2.00 bits per heavy atom. The van der Waals surface area contributed by atoms with Gasteiger partial charge in [0.2, 0.25) is 10.0 Å². The van der Waals surface area contributed by atoms with E-state index in [0.717, 1.165) is 0 Å². The van der Waals surface area contributed by atoms with Crippen LogP contribution in [0.3, 0.4) is 0 Å². The van der Waals surface area contributed by atoms with E-state index in [-0.39, 0.29) is 10.8 Å². The Kier molecular flexibility index (Phi) is 2.30. The Labute approximate surface area is 105 Å². The average Bonchev–Trinajstić information content (AvgIpc) is 2.96. The van der Waals surface area contributed by atoms with Gasteiger partial charge in [0.1, 0.15) is 5.54 Å². The van der Waals surface area contributed by atoms with Gasteiger partial charge in [-0.25, -0.2) is 8.42 Å². The normalized spacial score (nSPS) is 31.0. The highest BCUT2D eigenvalue weighted by molar-refractivity contribution is 7.89. The van der Waals surface area contributed by atoms with Gasteiger partial charge in [-0.05, 0) is 30.9 Å². The first-order chi connectivity index (χ1) is 8.49. The molecule has 0 bridgehead atoms. The summed E-state index contributed by atoms with van der Waals surface area (Å²) < 4.78 is 26.1. The van der Waals surface area contributed by atoms with Crippen molar-refractivity contribution in [3.8, 4) is 0 Å². The number of carboxylic acid groups (broad SMARTS) is 1. The average molecular weight is 267 g/mol. The van der Waals surface area contributed by atoms with Gasteiger partial charge in [0.05, 0.1) is 4.90 Å². The number of rotatable bonds is 3. The molecular weight excluding hydrogens is 254 g/mol. The smallest absolute Gasteiger partial charge is 0.325 e. The molecule has 0 amide bonds. The highest BCUT2D eigenvalue weighted by atomic mass is 32.2. The van der Waals surface area contributed by atoms with Gasteiger partial charge >= 0.3 is 5.97 Å². The largest absolute Gasteiger partial charge is 0.480 e. The topological polar surface area (TPSA) is 74.7 Å². The lowest BCUT2D eigenvalue weighted by atomic mass is 10.2. The molecule has 6 heteroatoms. The van der Waals surface area contributed by atoms with Gasteiger partial charge in [0.25, 0.3) is 0 Å². The van der Waals surface area contributed by atoms with Crippen molar-refractivity contribution >= 4 is 16.0 Å². The Hall–Kier alpha value is -1.40. The zero-order valence-corrected chi connectivity index (χ0v) is 10.4. The van der Waals surface area contributed by atoms with Gasteiger partial charge in [-0.2, -0.15) is 4.31 Å². The zero-order valence-electron chi connectivity index (χ0n) is 9.61. The number of benzene rings is 1. The Morgan fingerprint density at radius 3 is 2.56 bits per heavy atom. The first kappa shape index (κ1) is 11.7. The minimum absolute atomic E-state index is 0.0199. The second kappa shape index (κ2) is 3.55. The molecule has 5 nitrogen and oxygen atoms in total. The van der Waals surface area contributed by atoms with Crippen LogP contribution < -0.4 is 0 Å². The number of carboxylic acids is 1. The number of aliphatic carboxylic acids is 1. The fourth-order valence-electron chi connectivity index (χ4n) is 2.86. The fourth-order valence-corrected chi connectivity index (χ4v) is 4.69. The summed E-state index contributed by atoms with van der Waals surface area (Å²) in [7, 11) is -3.70. The lowest BCUT2D eigenvalue weighted by molar-refractivity contribution is -0.142. The molecule has 1 aromatic carbocycles. The molecule has 96 valence electrons. The van der Waals surface area contributed by atoms with Crippen LogP contribution in [0.25, 0.3) is 0 Å². The molecule has 2 aliphatic rings. The second-order valence-electron chi connectivity index (χ2n) is 4.81. The number of sulfonamides is 1. The molecule has 1 saturated carbocycles. The highest BCUT2D eigenvalue weighted by Crippen LogP contribution is 2.57. The van der Waals surface area contributed by atoms with E-state index >= 15 is 0 Å². The minimum atomic E-state index is -3.70. The summed E-state index contributed by atoms with van der Waals surface area (Å²) in [4.78, 5) is 11.5. The number of piperidine rings is 1. The molecule has 2 atom stereocenters. The summed E-state index contributed by atoms with van der Waals surface area (Å²) in [6, 6.07) is 8.01. The molecule has 1 aliphatic carbocycles. The van der Waals surface area contributed by atoms with E-state index in [2.05, 4.69) is 0 Å². The van der Waals surface area contributed by atoms with Crippen LogP contribution in [0.2, 0.25) is 0 Å². The Morgan fingerprint density at radius 1 is 1.33 bits per heavy atom. The molecule has 1 saturated heterocycles. The van der Waals surface area contributed by atoms with Gasteiger partial charge in [0, 0.05) is 6.54 Å². The number of carbonyl (C=O) groups is 1. The van der Waals surface area contributed by atoms with Crippen LogP contribution in [-0.4, -0.2) is 35.9 Å². The van der Waals surface area contributed by atoms with Gasteiger partial charge < -0.3 is 5.11 Å². The molecule has 0 aromatic heterocycles. The molecule has 1 aliphatic heterocycles. The summed E-state index contributed by atoms with van der Waals surface area (Å²) in [6.45, 7) is 0.300. The number of hydrogen-bond donors (Lipinski definition) is 1. The van der Waals surface area contributed by atoms with Crippen molar-refractivity contribution in [1.29, 1.82) is 0 Å². The van der Waals surface area contributed by atoms with Crippen molar-refractivity contribution < 1.29 is 18.3 Å². The molecule has 0 spiro atoms. The van der Waals surface area contributed by atoms with Crippen molar-refractivity contribution in [2.45, 2.75) is 23.3 Å². The maximum Gasteiger partial charge on any atom is 0.325 e. The molecule has 3 rings (SSSR count). The minimum Gasteiger partial charge on any atom is -0.480 e. The van der Waals surface area contributed by atoms with Crippen LogP contribution in [0.5, 0.6) is 0 Å². The monoisotopic (exact) mass is 267 g/mol. The summed E-state index contributed by atoms with van der Waals surface area (Å²) >= 11 is 0. The van der Waals surface area contributed by atoms with E-state index in [1.54, 1.807) is 18.2 Å². The first-order valence-corrected chi connectivity index (χ1v) is 7.25. The molecule has 2 fully saturated rings. The highest BCUT2D eigenvalue weighted by Gasteiger charge is 2.70. The number of hydrogen-bond acceptors (Lipinski definition) is 3. The van der Waals surface area contributed by atoms with E-state index in [1.165, 1.54) is 16.4 Å². The number of fused-ring (bicyclic) bond motifs is 1. The summed E-state index contributed by atoms with van der Waals surface area (Å²) in [6.07, 6.45) is 1.08. The van der Waals surface area contributed by atoms with Crippen LogP contribution in [0.15, 0.2) is 35.2 Å². The van der Waals surface area contributed by atoms with Crippen LogP contribution in [0, 0.1) is 5.92 Å².